The molecule has 2 aromatic carbocycles. The zero-order chi connectivity index (χ0) is 25.7. The summed E-state index contributed by atoms with van der Waals surface area (Å²) in [5.74, 6) is -0.717. The van der Waals surface area contributed by atoms with Crippen LogP contribution in [-0.2, 0) is 26.0 Å². The molecule has 0 aliphatic carbocycles. The number of benzene rings is 2. The van der Waals surface area contributed by atoms with Crippen LogP contribution in [-0.4, -0.2) is 56.1 Å². The minimum Gasteiger partial charge on any atom is -0.350 e. The lowest BCUT2D eigenvalue weighted by Crippen LogP contribution is -2.55. The van der Waals surface area contributed by atoms with Gasteiger partial charge in [0.1, 0.15) is 12.6 Å². The molecule has 2 aromatic rings. The molecule has 0 aliphatic heterocycles. The summed E-state index contributed by atoms with van der Waals surface area (Å²) >= 11 is 0. The predicted octanol–water partition coefficient (Wildman–Crippen LogP) is 3.44. The third-order valence-corrected chi connectivity index (χ3v) is 6.59. The maximum Gasteiger partial charge on any atom is 0.244 e. The number of hydrogen-bond acceptors (Lipinski definition) is 4. The van der Waals surface area contributed by atoms with E-state index in [1.165, 1.54) is 4.90 Å². The molecule has 2 rings (SSSR count). The third kappa shape index (κ3) is 7.87. The van der Waals surface area contributed by atoms with Crippen LogP contribution < -0.4 is 9.62 Å². The summed E-state index contributed by atoms with van der Waals surface area (Å²) in [6.07, 6.45) is 1.63. The number of amides is 2. The Morgan fingerprint density at radius 2 is 1.65 bits per heavy atom. The van der Waals surface area contributed by atoms with E-state index in [2.05, 4.69) is 5.32 Å². The zero-order valence-electron chi connectivity index (χ0n) is 21.3. The summed E-state index contributed by atoms with van der Waals surface area (Å²) in [4.78, 5) is 27.9. The molecule has 2 amide bonds. The number of nitrogens with zero attached hydrogens (tertiary/aromatic N) is 2. The van der Waals surface area contributed by atoms with Gasteiger partial charge in [-0.25, -0.2) is 8.42 Å². The second-order valence-electron chi connectivity index (χ2n) is 9.80. The minimum atomic E-state index is -3.74. The van der Waals surface area contributed by atoms with Crippen molar-refractivity contribution in [2.24, 2.45) is 0 Å². The smallest absolute Gasteiger partial charge is 0.244 e. The van der Waals surface area contributed by atoms with Crippen LogP contribution in [0.15, 0.2) is 48.5 Å². The standard InChI is InChI=1S/C26H37N3O4S/c1-19-13-14-20(2)23(17-19)29(34(7,32)33)18-24(30)28(16-15-22-11-9-8-10-12-22)21(3)25(31)27-26(4,5)6/h8-14,17,21H,15-16,18H2,1-7H3,(H,27,31)/t21-/m1/s1. The van der Waals surface area contributed by atoms with Gasteiger partial charge in [0, 0.05) is 12.1 Å². The van der Waals surface area contributed by atoms with Gasteiger partial charge in [-0.05, 0) is 70.7 Å². The Morgan fingerprint density at radius 1 is 1.03 bits per heavy atom. The Labute approximate surface area is 204 Å². The first-order valence-electron chi connectivity index (χ1n) is 11.4. The zero-order valence-corrected chi connectivity index (χ0v) is 22.1. The topological polar surface area (TPSA) is 86.8 Å². The first-order valence-corrected chi connectivity index (χ1v) is 13.2. The van der Waals surface area contributed by atoms with Gasteiger partial charge in [-0.3, -0.25) is 13.9 Å². The van der Waals surface area contributed by atoms with E-state index < -0.39 is 27.5 Å². The van der Waals surface area contributed by atoms with Crippen LogP contribution in [0.4, 0.5) is 5.69 Å². The van der Waals surface area contributed by atoms with E-state index in [4.69, 9.17) is 0 Å². The molecule has 0 heterocycles. The fourth-order valence-corrected chi connectivity index (χ4v) is 4.53. The molecule has 1 atom stereocenters. The molecular formula is C26H37N3O4S. The summed E-state index contributed by atoms with van der Waals surface area (Å²) in [5.41, 5.74) is 2.67. The van der Waals surface area contributed by atoms with Gasteiger partial charge in [0.25, 0.3) is 0 Å². The van der Waals surface area contributed by atoms with E-state index in [9.17, 15) is 18.0 Å². The van der Waals surface area contributed by atoms with E-state index in [0.29, 0.717) is 12.1 Å². The van der Waals surface area contributed by atoms with Crippen molar-refractivity contribution < 1.29 is 18.0 Å². The van der Waals surface area contributed by atoms with Crippen molar-refractivity contribution >= 4 is 27.5 Å². The van der Waals surface area contributed by atoms with Crippen molar-refractivity contribution in [1.29, 1.82) is 0 Å². The lowest BCUT2D eigenvalue weighted by Gasteiger charge is -2.33. The Hall–Kier alpha value is -2.87. The monoisotopic (exact) mass is 487 g/mol. The van der Waals surface area contributed by atoms with E-state index >= 15 is 0 Å². The SMILES string of the molecule is Cc1ccc(C)c(N(CC(=O)N(CCc2ccccc2)[C@H](C)C(=O)NC(C)(C)C)S(C)(=O)=O)c1. The molecule has 0 saturated heterocycles. The quantitative estimate of drug-likeness (QED) is 0.587. The third-order valence-electron chi connectivity index (χ3n) is 5.46. The summed E-state index contributed by atoms with van der Waals surface area (Å²) in [6, 6.07) is 14.4. The van der Waals surface area contributed by atoms with Crippen LogP contribution in [0.1, 0.15) is 44.4 Å². The van der Waals surface area contributed by atoms with Crippen LogP contribution in [0.2, 0.25) is 0 Å². The molecule has 34 heavy (non-hydrogen) atoms. The van der Waals surface area contributed by atoms with Crippen LogP contribution >= 0.6 is 0 Å². The highest BCUT2D eigenvalue weighted by atomic mass is 32.2. The van der Waals surface area contributed by atoms with Crippen LogP contribution in [0.25, 0.3) is 0 Å². The minimum absolute atomic E-state index is 0.284. The molecule has 0 unspecified atom stereocenters. The van der Waals surface area contributed by atoms with E-state index in [0.717, 1.165) is 27.3 Å². The normalized spacial score (nSPS) is 12.7. The largest absolute Gasteiger partial charge is 0.350 e. The van der Waals surface area contributed by atoms with Gasteiger partial charge in [-0.2, -0.15) is 0 Å². The maximum absolute atomic E-state index is 13.5. The lowest BCUT2D eigenvalue weighted by molar-refractivity contribution is -0.139. The van der Waals surface area contributed by atoms with Crippen LogP contribution in [0, 0.1) is 13.8 Å². The van der Waals surface area contributed by atoms with Gasteiger partial charge >= 0.3 is 0 Å². The lowest BCUT2D eigenvalue weighted by atomic mass is 10.1. The molecule has 0 fully saturated rings. The number of rotatable bonds is 9. The number of nitrogens with one attached hydrogen (secondary N) is 1. The molecule has 7 nitrogen and oxygen atoms in total. The van der Waals surface area contributed by atoms with Gasteiger partial charge in [0.15, 0.2) is 0 Å². The number of sulfonamides is 1. The number of carbonyl (C=O) groups excluding carboxylic acids is 2. The predicted molar refractivity (Wildman–Crippen MR) is 137 cm³/mol. The van der Waals surface area contributed by atoms with Crippen molar-refractivity contribution in [2.75, 3.05) is 23.7 Å². The van der Waals surface area contributed by atoms with Gasteiger partial charge in [-0.1, -0.05) is 42.5 Å². The van der Waals surface area contributed by atoms with Crippen LogP contribution in [0.5, 0.6) is 0 Å². The van der Waals surface area contributed by atoms with Gasteiger partial charge in [0.2, 0.25) is 21.8 Å². The Bertz CT molecular complexity index is 1110. The van der Waals surface area contributed by atoms with Gasteiger partial charge in [-0.15, -0.1) is 0 Å². The number of hydrogen-bond donors (Lipinski definition) is 1. The Balaban J connectivity index is 2.37. The first kappa shape index (κ1) is 27.4. The average molecular weight is 488 g/mol. The van der Waals surface area contributed by atoms with Crippen molar-refractivity contribution in [3.63, 3.8) is 0 Å². The molecule has 0 aromatic heterocycles. The molecule has 8 heteroatoms. The highest BCUT2D eigenvalue weighted by molar-refractivity contribution is 7.92. The van der Waals surface area contributed by atoms with Gasteiger partial charge in [0.05, 0.1) is 11.9 Å². The van der Waals surface area contributed by atoms with Crippen molar-refractivity contribution in [3.8, 4) is 0 Å². The van der Waals surface area contributed by atoms with E-state index in [1.807, 2.05) is 77.1 Å². The molecule has 1 N–H and O–H groups in total. The van der Waals surface area contributed by atoms with Crippen LogP contribution in [0.3, 0.4) is 0 Å². The fourth-order valence-electron chi connectivity index (χ4n) is 3.63. The second kappa shape index (κ2) is 11.0. The summed E-state index contributed by atoms with van der Waals surface area (Å²) in [5, 5.41) is 2.92. The summed E-state index contributed by atoms with van der Waals surface area (Å²) in [6.45, 7) is 10.9. The molecule has 0 bridgehead atoms. The number of carbonyl (C=O) groups is 2. The van der Waals surface area contributed by atoms with E-state index in [-0.39, 0.29) is 19.0 Å². The molecule has 0 aliphatic rings. The van der Waals surface area contributed by atoms with Crippen molar-refractivity contribution in [2.45, 2.75) is 59.5 Å². The highest BCUT2D eigenvalue weighted by Gasteiger charge is 2.31. The Morgan fingerprint density at radius 3 is 2.21 bits per heavy atom. The number of anilines is 1. The molecule has 0 spiro atoms. The summed E-state index contributed by atoms with van der Waals surface area (Å²) in [7, 11) is -3.74. The van der Waals surface area contributed by atoms with E-state index in [1.54, 1.807) is 13.0 Å². The average Bonchev–Trinajstić information content (AvgIpc) is 2.72. The Kier molecular flexibility index (Phi) is 8.89. The molecule has 0 radical (unpaired) electrons. The molecular weight excluding hydrogens is 450 g/mol. The van der Waals surface area contributed by atoms with Crippen molar-refractivity contribution in [1.82, 2.24) is 10.2 Å². The number of aryl methyl sites for hydroxylation is 2. The summed E-state index contributed by atoms with van der Waals surface area (Å²) < 4.78 is 26.5. The first-order chi connectivity index (χ1) is 15.7. The molecule has 0 saturated carbocycles. The maximum atomic E-state index is 13.5. The molecule has 186 valence electrons. The fraction of sp³-hybridized carbons (Fsp3) is 0.462. The van der Waals surface area contributed by atoms with Gasteiger partial charge < -0.3 is 10.2 Å². The highest BCUT2D eigenvalue weighted by Crippen LogP contribution is 2.24. The second-order valence-corrected chi connectivity index (χ2v) is 11.7. The van der Waals surface area contributed by atoms with Crippen molar-refractivity contribution in [3.05, 3.63) is 65.2 Å².